The Morgan fingerprint density at radius 2 is 1.95 bits per heavy atom. The minimum Gasteiger partial charge on any atom is -0.384 e. The second-order valence-electron chi connectivity index (χ2n) is 5.96. The van der Waals surface area contributed by atoms with Crippen molar-refractivity contribution in [3.8, 4) is 0 Å². The van der Waals surface area contributed by atoms with Crippen molar-refractivity contribution in [2.75, 3.05) is 25.0 Å². The zero-order valence-electron chi connectivity index (χ0n) is 12.0. The lowest BCUT2D eigenvalue weighted by molar-refractivity contribution is -0.133. The normalized spacial score (nSPS) is 21.7. The van der Waals surface area contributed by atoms with Gasteiger partial charge in [0.1, 0.15) is 0 Å². The van der Waals surface area contributed by atoms with Crippen LogP contribution in [0.15, 0.2) is 24.3 Å². The molecular formula is C16H21N3O2. The van der Waals surface area contributed by atoms with Crippen LogP contribution in [0.25, 0.3) is 0 Å². The molecule has 2 aliphatic heterocycles. The topological polar surface area (TPSA) is 75.4 Å². The van der Waals surface area contributed by atoms with Gasteiger partial charge in [-0.25, -0.2) is 0 Å². The molecular weight excluding hydrogens is 266 g/mol. The molecule has 0 saturated carbocycles. The number of hydrogen-bond acceptors (Lipinski definition) is 3. The molecule has 0 bridgehead atoms. The number of nitrogens with zero attached hydrogens (tertiary/aromatic N) is 1. The third kappa shape index (κ3) is 2.86. The summed E-state index contributed by atoms with van der Waals surface area (Å²) in [7, 11) is 0. The SMILES string of the molecule is NC(=O)CC1CCN(C(=O)C2CNc3ccccc32)CC1. The van der Waals surface area contributed by atoms with E-state index < -0.39 is 0 Å². The fraction of sp³-hybridized carbons (Fsp3) is 0.500. The number of piperidine rings is 1. The number of fused-ring (bicyclic) bond motifs is 1. The molecule has 0 spiro atoms. The highest BCUT2D eigenvalue weighted by atomic mass is 16.2. The number of rotatable bonds is 3. The number of primary amides is 1. The highest BCUT2D eigenvalue weighted by molar-refractivity contribution is 5.88. The number of carbonyl (C=O) groups is 2. The Labute approximate surface area is 124 Å². The van der Waals surface area contributed by atoms with Gasteiger partial charge in [-0.05, 0) is 30.4 Å². The van der Waals surface area contributed by atoms with Gasteiger partial charge in [-0.1, -0.05) is 18.2 Å². The third-order valence-electron chi connectivity index (χ3n) is 4.55. The summed E-state index contributed by atoms with van der Waals surface area (Å²) < 4.78 is 0. The Kier molecular flexibility index (Phi) is 3.82. The number of hydrogen-bond donors (Lipinski definition) is 2. The summed E-state index contributed by atoms with van der Waals surface area (Å²) in [6, 6.07) is 8.00. The Balaban J connectivity index is 1.62. The zero-order chi connectivity index (χ0) is 14.8. The molecule has 1 aromatic carbocycles. The van der Waals surface area contributed by atoms with Crippen LogP contribution in [0.5, 0.6) is 0 Å². The number of anilines is 1. The van der Waals surface area contributed by atoms with Gasteiger partial charge in [0.05, 0.1) is 5.92 Å². The molecule has 3 rings (SSSR count). The lowest BCUT2D eigenvalue weighted by atomic mass is 9.91. The van der Waals surface area contributed by atoms with Crippen molar-refractivity contribution in [3.05, 3.63) is 29.8 Å². The van der Waals surface area contributed by atoms with E-state index in [0.29, 0.717) is 18.9 Å². The Morgan fingerprint density at radius 1 is 1.24 bits per heavy atom. The fourth-order valence-corrected chi connectivity index (χ4v) is 3.37. The Morgan fingerprint density at radius 3 is 2.67 bits per heavy atom. The molecule has 1 atom stereocenters. The second kappa shape index (κ2) is 5.76. The Bertz CT molecular complexity index is 550. The number of amides is 2. The van der Waals surface area contributed by atoms with E-state index in [1.165, 1.54) is 0 Å². The molecule has 1 aromatic rings. The summed E-state index contributed by atoms with van der Waals surface area (Å²) in [6.45, 7) is 2.14. The highest BCUT2D eigenvalue weighted by Gasteiger charge is 2.33. The van der Waals surface area contributed by atoms with E-state index in [4.69, 9.17) is 5.73 Å². The molecule has 1 saturated heterocycles. The van der Waals surface area contributed by atoms with Gasteiger partial charge < -0.3 is 16.0 Å². The number of likely N-dealkylation sites (tertiary alicyclic amines) is 1. The first kappa shape index (κ1) is 13.9. The maximum Gasteiger partial charge on any atom is 0.231 e. The summed E-state index contributed by atoms with van der Waals surface area (Å²) in [6.07, 6.45) is 2.18. The van der Waals surface area contributed by atoms with Crippen LogP contribution in [0.3, 0.4) is 0 Å². The van der Waals surface area contributed by atoms with E-state index >= 15 is 0 Å². The molecule has 5 nitrogen and oxygen atoms in total. The van der Waals surface area contributed by atoms with Crippen LogP contribution in [0.4, 0.5) is 5.69 Å². The van der Waals surface area contributed by atoms with Crippen LogP contribution in [0.2, 0.25) is 0 Å². The van der Waals surface area contributed by atoms with Gasteiger partial charge in [-0.15, -0.1) is 0 Å². The number of nitrogens with two attached hydrogens (primary N) is 1. The van der Waals surface area contributed by atoms with Gasteiger partial charge in [0, 0.05) is 31.7 Å². The van der Waals surface area contributed by atoms with Crippen LogP contribution >= 0.6 is 0 Å². The predicted molar refractivity (Wildman–Crippen MR) is 80.8 cm³/mol. The average Bonchev–Trinajstić information content (AvgIpc) is 2.90. The minimum atomic E-state index is -0.242. The largest absolute Gasteiger partial charge is 0.384 e. The summed E-state index contributed by atoms with van der Waals surface area (Å²) in [5, 5.41) is 3.30. The third-order valence-corrected chi connectivity index (χ3v) is 4.55. The fourth-order valence-electron chi connectivity index (χ4n) is 3.37. The molecule has 1 unspecified atom stereocenters. The molecule has 2 aliphatic rings. The number of nitrogens with one attached hydrogen (secondary N) is 1. The Hall–Kier alpha value is -2.04. The van der Waals surface area contributed by atoms with Gasteiger partial charge in [0.15, 0.2) is 0 Å². The van der Waals surface area contributed by atoms with Crippen molar-refractivity contribution in [1.29, 1.82) is 0 Å². The van der Waals surface area contributed by atoms with E-state index in [1.54, 1.807) is 0 Å². The first-order chi connectivity index (χ1) is 10.1. The number of para-hydroxylation sites is 1. The first-order valence-corrected chi connectivity index (χ1v) is 7.55. The smallest absolute Gasteiger partial charge is 0.231 e. The molecule has 1 fully saturated rings. The summed E-state index contributed by atoms with van der Waals surface area (Å²) in [5.74, 6) is 0.216. The van der Waals surface area contributed by atoms with Gasteiger partial charge in [-0.3, -0.25) is 9.59 Å². The van der Waals surface area contributed by atoms with E-state index in [-0.39, 0.29) is 17.7 Å². The lowest BCUT2D eigenvalue weighted by Gasteiger charge is -2.33. The van der Waals surface area contributed by atoms with E-state index in [9.17, 15) is 9.59 Å². The van der Waals surface area contributed by atoms with Crippen LogP contribution in [0, 0.1) is 5.92 Å². The van der Waals surface area contributed by atoms with Crippen LogP contribution in [-0.4, -0.2) is 36.3 Å². The molecule has 2 amide bonds. The molecule has 2 heterocycles. The van der Waals surface area contributed by atoms with Gasteiger partial charge >= 0.3 is 0 Å². The molecule has 21 heavy (non-hydrogen) atoms. The maximum absolute atomic E-state index is 12.7. The van der Waals surface area contributed by atoms with Gasteiger partial charge in [0.2, 0.25) is 11.8 Å². The summed E-state index contributed by atoms with van der Waals surface area (Å²) in [5.41, 5.74) is 7.41. The highest BCUT2D eigenvalue weighted by Crippen LogP contribution is 2.33. The standard InChI is InChI=1S/C16H21N3O2/c17-15(20)9-11-5-7-19(8-6-11)16(21)13-10-18-14-4-2-1-3-12(13)14/h1-4,11,13,18H,5-10H2,(H2,17,20). The van der Waals surface area contributed by atoms with Crippen molar-refractivity contribution in [2.45, 2.75) is 25.2 Å². The quantitative estimate of drug-likeness (QED) is 0.880. The van der Waals surface area contributed by atoms with E-state index in [2.05, 4.69) is 5.32 Å². The van der Waals surface area contributed by atoms with Crippen molar-refractivity contribution in [2.24, 2.45) is 11.7 Å². The van der Waals surface area contributed by atoms with E-state index in [1.807, 2.05) is 29.2 Å². The predicted octanol–water partition coefficient (Wildman–Crippen LogP) is 1.31. The van der Waals surface area contributed by atoms with Crippen LogP contribution < -0.4 is 11.1 Å². The van der Waals surface area contributed by atoms with Gasteiger partial charge in [-0.2, -0.15) is 0 Å². The molecule has 0 aromatic heterocycles. The minimum absolute atomic E-state index is 0.0751. The molecule has 0 radical (unpaired) electrons. The van der Waals surface area contributed by atoms with Crippen LogP contribution in [-0.2, 0) is 9.59 Å². The van der Waals surface area contributed by atoms with Gasteiger partial charge in [0.25, 0.3) is 0 Å². The van der Waals surface area contributed by atoms with Crippen molar-refractivity contribution < 1.29 is 9.59 Å². The van der Waals surface area contributed by atoms with Crippen LogP contribution in [0.1, 0.15) is 30.7 Å². The molecule has 112 valence electrons. The second-order valence-corrected chi connectivity index (χ2v) is 5.96. The summed E-state index contributed by atoms with van der Waals surface area (Å²) in [4.78, 5) is 25.6. The van der Waals surface area contributed by atoms with E-state index in [0.717, 1.165) is 37.2 Å². The monoisotopic (exact) mass is 287 g/mol. The molecule has 0 aliphatic carbocycles. The van der Waals surface area contributed by atoms with Crippen molar-refractivity contribution in [3.63, 3.8) is 0 Å². The number of carbonyl (C=O) groups excluding carboxylic acids is 2. The maximum atomic E-state index is 12.7. The first-order valence-electron chi connectivity index (χ1n) is 7.55. The van der Waals surface area contributed by atoms with Crippen molar-refractivity contribution in [1.82, 2.24) is 4.90 Å². The molecule has 5 heteroatoms. The molecule has 3 N–H and O–H groups in total. The average molecular weight is 287 g/mol. The van der Waals surface area contributed by atoms with Crippen molar-refractivity contribution >= 4 is 17.5 Å². The lowest BCUT2D eigenvalue weighted by Crippen LogP contribution is -2.42. The summed E-state index contributed by atoms with van der Waals surface area (Å²) >= 11 is 0. The number of benzene rings is 1. The zero-order valence-corrected chi connectivity index (χ0v) is 12.0.